The lowest BCUT2D eigenvalue weighted by Crippen LogP contribution is -2.21. The van der Waals surface area contributed by atoms with Gasteiger partial charge in [0.1, 0.15) is 10.8 Å². The van der Waals surface area contributed by atoms with Gasteiger partial charge in [0.25, 0.3) is 0 Å². The van der Waals surface area contributed by atoms with Gasteiger partial charge in [-0.3, -0.25) is 0 Å². The summed E-state index contributed by atoms with van der Waals surface area (Å²) >= 11 is 6.40. The molecule has 2 aromatic rings. The molecule has 0 aliphatic heterocycles. The van der Waals surface area contributed by atoms with Crippen LogP contribution in [-0.2, 0) is 11.3 Å². The third-order valence-electron chi connectivity index (χ3n) is 4.07. The van der Waals surface area contributed by atoms with E-state index in [1.54, 1.807) is 0 Å². The molecule has 126 valence electrons. The third kappa shape index (κ3) is 3.51. The normalized spacial score (nSPS) is 13.7. The van der Waals surface area contributed by atoms with Gasteiger partial charge in [0.2, 0.25) is 0 Å². The van der Waals surface area contributed by atoms with Crippen molar-refractivity contribution in [2.75, 3.05) is 19.1 Å². The van der Waals surface area contributed by atoms with Crippen molar-refractivity contribution < 1.29 is 9.53 Å². The molecule has 1 heterocycles. The van der Waals surface area contributed by atoms with E-state index < -0.39 is 5.97 Å². The first kappa shape index (κ1) is 16.7. The van der Waals surface area contributed by atoms with Crippen LogP contribution in [0.1, 0.15) is 46.2 Å². The van der Waals surface area contributed by atoms with Gasteiger partial charge >= 0.3 is 5.97 Å². The smallest absolute Gasteiger partial charge is 0.358 e. The molecule has 0 amide bonds. The molecule has 3 rings (SSSR count). The number of hydrogen-bond donors (Lipinski definition) is 0. The fraction of sp³-hybridized carbons (Fsp3) is 0.389. The monoisotopic (exact) mass is 345 g/mol. The Labute approximate surface area is 146 Å². The van der Waals surface area contributed by atoms with Gasteiger partial charge in [-0.2, -0.15) is 0 Å². The van der Waals surface area contributed by atoms with Crippen molar-refractivity contribution in [3.8, 4) is 0 Å². The second-order valence-corrected chi connectivity index (χ2v) is 6.55. The number of aryl methyl sites for hydroxylation is 1. The van der Waals surface area contributed by atoms with Crippen LogP contribution < -0.4 is 4.90 Å². The summed E-state index contributed by atoms with van der Waals surface area (Å²) in [5.41, 5.74) is 2.50. The standard InChI is InChI=1S/C18H20ClN3O2/c1-11-4-6-12(7-5-11)10-22(2)17-14(19)15(18(23)24-3)20-16(21-17)13-8-9-13/h4-7,13H,8-10H2,1-3H3. The van der Waals surface area contributed by atoms with Crippen LogP contribution in [0, 0.1) is 6.92 Å². The van der Waals surface area contributed by atoms with Crippen LogP contribution in [0.25, 0.3) is 0 Å². The van der Waals surface area contributed by atoms with Crippen molar-refractivity contribution in [1.82, 2.24) is 9.97 Å². The fourth-order valence-electron chi connectivity index (χ4n) is 2.50. The molecule has 6 heteroatoms. The molecule has 0 unspecified atom stereocenters. The zero-order valence-corrected chi connectivity index (χ0v) is 14.8. The Morgan fingerprint density at radius 1 is 1.29 bits per heavy atom. The van der Waals surface area contributed by atoms with Crippen LogP contribution in [0.5, 0.6) is 0 Å². The Bertz CT molecular complexity index is 758. The molecule has 24 heavy (non-hydrogen) atoms. The van der Waals surface area contributed by atoms with Crippen molar-refractivity contribution >= 4 is 23.4 Å². The summed E-state index contributed by atoms with van der Waals surface area (Å²) in [5.74, 6) is 1.02. The number of methoxy groups -OCH3 is 1. The molecule has 1 aromatic carbocycles. The second-order valence-electron chi connectivity index (χ2n) is 6.18. The number of rotatable bonds is 5. The maximum absolute atomic E-state index is 12.0. The van der Waals surface area contributed by atoms with E-state index in [1.807, 2.05) is 11.9 Å². The Morgan fingerprint density at radius 2 is 1.96 bits per heavy atom. The fourth-order valence-corrected chi connectivity index (χ4v) is 2.81. The molecule has 0 atom stereocenters. The second kappa shape index (κ2) is 6.77. The van der Waals surface area contributed by atoms with E-state index in [9.17, 15) is 4.79 Å². The molecule has 0 bridgehead atoms. The Balaban J connectivity index is 1.94. The molecule has 1 aliphatic rings. The van der Waals surface area contributed by atoms with Gasteiger partial charge in [-0.15, -0.1) is 0 Å². The number of hydrogen-bond acceptors (Lipinski definition) is 5. The number of nitrogens with zero attached hydrogens (tertiary/aromatic N) is 3. The number of aromatic nitrogens is 2. The number of carbonyl (C=O) groups excluding carboxylic acids is 1. The number of ether oxygens (including phenoxy) is 1. The number of anilines is 1. The van der Waals surface area contributed by atoms with Gasteiger partial charge in [-0.05, 0) is 25.3 Å². The molecule has 1 aliphatic carbocycles. The van der Waals surface area contributed by atoms with Gasteiger partial charge in [0.15, 0.2) is 11.5 Å². The summed E-state index contributed by atoms with van der Waals surface area (Å²) in [6.07, 6.45) is 2.09. The molecule has 1 fully saturated rings. The summed E-state index contributed by atoms with van der Waals surface area (Å²) in [5, 5.41) is 0.237. The highest BCUT2D eigenvalue weighted by Crippen LogP contribution is 2.40. The summed E-state index contributed by atoms with van der Waals surface area (Å²) < 4.78 is 4.81. The van der Waals surface area contributed by atoms with Crippen LogP contribution >= 0.6 is 11.6 Å². The largest absolute Gasteiger partial charge is 0.464 e. The van der Waals surface area contributed by atoms with Gasteiger partial charge in [-0.1, -0.05) is 41.4 Å². The Morgan fingerprint density at radius 3 is 2.54 bits per heavy atom. The first-order valence-corrected chi connectivity index (χ1v) is 8.30. The first-order valence-electron chi connectivity index (χ1n) is 7.92. The lowest BCUT2D eigenvalue weighted by atomic mass is 10.1. The maximum atomic E-state index is 12.0. The van der Waals surface area contributed by atoms with E-state index in [-0.39, 0.29) is 10.7 Å². The highest BCUT2D eigenvalue weighted by atomic mass is 35.5. The van der Waals surface area contributed by atoms with Crippen LogP contribution in [-0.4, -0.2) is 30.1 Å². The summed E-state index contributed by atoms with van der Waals surface area (Å²) in [6, 6.07) is 8.29. The third-order valence-corrected chi connectivity index (χ3v) is 4.42. The summed E-state index contributed by atoms with van der Waals surface area (Å²) in [4.78, 5) is 22.8. The Hall–Kier alpha value is -2.14. The van der Waals surface area contributed by atoms with E-state index in [2.05, 4.69) is 41.2 Å². The quantitative estimate of drug-likeness (QED) is 0.773. The molecular formula is C18H20ClN3O2. The van der Waals surface area contributed by atoms with Crippen LogP contribution in [0.15, 0.2) is 24.3 Å². The number of benzene rings is 1. The lowest BCUT2D eigenvalue weighted by Gasteiger charge is -2.21. The first-order chi connectivity index (χ1) is 11.5. The van der Waals surface area contributed by atoms with E-state index in [0.29, 0.717) is 24.1 Å². The predicted octanol–water partition coefficient (Wildman–Crippen LogP) is 3.74. The molecule has 0 N–H and O–H groups in total. The van der Waals surface area contributed by atoms with Gasteiger partial charge < -0.3 is 9.64 Å². The number of carbonyl (C=O) groups is 1. The molecule has 0 saturated heterocycles. The highest BCUT2D eigenvalue weighted by molar-refractivity contribution is 6.35. The van der Waals surface area contributed by atoms with Gasteiger partial charge in [0, 0.05) is 19.5 Å². The van der Waals surface area contributed by atoms with Gasteiger partial charge in [0.05, 0.1) is 7.11 Å². The SMILES string of the molecule is COC(=O)c1nc(C2CC2)nc(N(C)Cc2ccc(C)cc2)c1Cl. The minimum Gasteiger partial charge on any atom is -0.464 e. The van der Waals surface area contributed by atoms with E-state index in [0.717, 1.165) is 18.4 Å². The van der Waals surface area contributed by atoms with Crippen molar-refractivity contribution in [3.05, 3.63) is 51.9 Å². The Kier molecular flexibility index (Phi) is 4.71. The molecule has 0 radical (unpaired) electrons. The average Bonchev–Trinajstić information content (AvgIpc) is 3.41. The number of esters is 1. The van der Waals surface area contributed by atoms with E-state index in [1.165, 1.54) is 12.7 Å². The van der Waals surface area contributed by atoms with E-state index in [4.69, 9.17) is 16.3 Å². The average molecular weight is 346 g/mol. The summed E-state index contributed by atoms with van der Waals surface area (Å²) in [6.45, 7) is 2.70. The minimum atomic E-state index is -0.533. The van der Waals surface area contributed by atoms with Crippen molar-refractivity contribution in [2.45, 2.75) is 32.2 Å². The van der Waals surface area contributed by atoms with Gasteiger partial charge in [-0.25, -0.2) is 14.8 Å². The van der Waals surface area contributed by atoms with Crippen LogP contribution in [0.3, 0.4) is 0 Å². The maximum Gasteiger partial charge on any atom is 0.358 e. The zero-order valence-electron chi connectivity index (χ0n) is 14.0. The molecule has 1 aromatic heterocycles. The molecule has 1 saturated carbocycles. The lowest BCUT2D eigenvalue weighted by molar-refractivity contribution is 0.0593. The highest BCUT2D eigenvalue weighted by Gasteiger charge is 2.30. The summed E-state index contributed by atoms with van der Waals surface area (Å²) in [7, 11) is 3.24. The van der Waals surface area contributed by atoms with Crippen LogP contribution in [0.2, 0.25) is 5.02 Å². The molecule has 0 spiro atoms. The van der Waals surface area contributed by atoms with Crippen LogP contribution in [0.4, 0.5) is 5.82 Å². The molecule has 5 nitrogen and oxygen atoms in total. The predicted molar refractivity (Wildman–Crippen MR) is 93.6 cm³/mol. The molecular weight excluding hydrogens is 326 g/mol. The van der Waals surface area contributed by atoms with E-state index >= 15 is 0 Å². The van der Waals surface area contributed by atoms with Crippen molar-refractivity contribution in [2.24, 2.45) is 0 Å². The topological polar surface area (TPSA) is 55.3 Å². The van der Waals surface area contributed by atoms with Crippen molar-refractivity contribution in [1.29, 1.82) is 0 Å². The zero-order chi connectivity index (χ0) is 17.3. The van der Waals surface area contributed by atoms with Crippen molar-refractivity contribution in [3.63, 3.8) is 0 Å². The minimum absolute atomic E-state index is 0.141. The number of halogens is 1.